The zero-order valence-corrected chi connectivity index (χ0v) is 9.55. The van der Waals surface area contributed by atoms with Crippen molar-refractivity contribution in [1.82, 2.24) is 4.98 Å². The lowest BCUT2D eigenvalue weighted by molar-refractivity contribution is 0.188. The van der Waals surface area contributed by atoms with Crippen LogP contribution in [-0.4, -0.2) is 16.2 Å². The van der Waals surface area contributed by atoms with E-state index in [1.54, 1.807) is 13.1 Å². The molecular weight excluding hydrogens is 214 g/mol. The summed E-state index contributed by atoms with van der Waals surface area (Å²) in [5.41, 5.74) is 1.74. The molecule has 2 heterocycles. The van der Waals surface area contributed by atoms with Gasteiger partial charge in [-0.05, 0) is 19.1 Å². The molecule has 17 heavy (non-hydrogen) atoms. The normalized spacial score (nSPS) is 13.3. The van der Waals surface area contributed by atoms with Gasteiger partial charge in [0.25, 0.3) is 0 Å². The quantitative estimate of drug-likeness (QED) is 0.732. The van der Waals surface area contributed by atoms with Crippen molar-refractivity contribution in [2.75, 3.05) is 0 Å². The molecule has 0 saturated carbocycles. The van der Waals surface area contributed by atoms with Gasteiger partial charge in [-0.3, -0.25) is 4.98 Å². The topological polar surface area (TPSA) is 46.3 Å². The highest BCUT2D eigenvalue weighted by Crippen LogP contribution is 2.26. The lowest BCUT2D eigenvalue weighted by atomic mass is 10.1. The number of hydrogen-bond acceptors (Lipinski definition) is 3. The van der Waals surface area contributed by atoms with Gasteiger partial charge >= 0.3 is 0 Å². The first-order valence-electron chi connectivity index (χ1n) is 5.68. The van der Waals surface area contributed by atoms with Crippen LogP contribution in [0.3, 0.4) is 0 Å². The van der Waals surface area contributed by atoms with E-state index in [9.17, 15) is 5.11 Å². The Hall–Kier alpha value is -1.87. The molecule has 0 spiro atoms. The molecule has 86 valence electrons. The molecule has 0 aliphatic carbocycles. The maximum absolute atomic E-state index is 9.37. The van der Waals surface area contributed by atoms with Crippen molar-refractivity contribution in [3.05, 3.63) is 42.3 Å². The van der Waals surface area contributed by atoms with E-state index in [1.165, 1.54) is 0 Å². The largest absolute Gasteiger partial charge is 0.459 e. The molecule has 0 radical (unpaired) electrons. The fraction of sp³-hybridized carbons (Fsp3) is 0.214. The minimum atomic E-state index is -0.394. The van der Waals surface area contributed by atoms with Crippen LogP contribution < -0.4 is 0 Å². The number of aliphatic hydroxyl groups is 1. The third kappa shape index (κ3) is 1.78. The summed E-state index contributed by atoms with van der Waals surface area (Å²) in [6.45, 7) is 1.75. The van der Waals surface area contributed by atoms with Crippen LogP contribution in [0.1, 0.15) is 12.7 Å². The first-order valence-corrected chi connectivity index (χ1v) is 5.68. The van der Waals surface area contributed by atoms with Crippen LogP contribution in [0, 0.1) is 0 Å². The Kier molecular flexibility index (Phi) is 2.34. The Morgan fingerprint density at radius 3 is 2.94 bits per heavy atom. The predicted octanol–water partition coefficient (Wildman–Crippen LogP) is 2.90. The number of aliphatic hydroxyl groups excluding tert-OH is 1. The average molecular weight is 227 g/mol. The van der Waals surface area contributed by atoms with Crippen LogP contribution in [0.5, 0.6) is 0 Å². The fourth-order valence-corrected chi connectivity index (χ4v) is 2.10. The summed E-state index contributed by atoms with van der Waals surface area (Å²) in [7, 11) is 0. The molecule has 1 atom stereocenters. The van der Waals surface area contributed by atoms with E-state index in [-0.39, 0.29) is 0 Å². The first-order chi connectivity index (χ1) is 8.24. The lowest BCUT2D eigenvalue weighted by Gasteiger charge is -1.97. The second kappa shape index (κ2) is 3.86. The lowest BCUT2D eigenvalue weighted by Crippen LogP contribution is -2.02. The Morgan fingerprint density at radius 1 is 1.29 bits per heavy atom. The SMILES string of the molecule is CC(O)Cc1cc2c(cnc3ccccc32)o1. The van der Waals surface area contributed by atoms with Crippen LogP contribution in [0.25, 0.3) is 21.9 Å². The smallest absolute Gasteiger partial charge is 0.153 e. The zero-order chi connectivity index (χ0) is 11.8. The Morgan fingerprint density at radius 2 is 2.12 bits per heavy atom. The third-order valence-corrected chi connectivity index (χ3v) is 2.82. The Labute approximate surface area is 98.7 Å². The van der Waals surface area contributed by atoms with Gasteiger partial charge in [0.2, 0.25) is 0 Å². The highest BCUT2D eigenvalue weighted by molar-refractivity contribution is 6.03. The molecule has 3 nitrogen and oxygen atoms in total. The number of nitrogens with zero attached hydrogens (tertiary/aromatic N) is 1. The number of furan rings is 1. The average Bonchev–Trinajstić information content (AvgIpc) is 2.70. The number of hydrogen-bond donors (Lipinski definition) is 1. The molecule has 0 amide bonds. The standard InChI is InChI=1S/C14H13NO2/c1-9(16)6-10-7-12-11-4-2-3-5-13(11)15-8-14(12)17-10/h2-5,7-9,16H,6H2,1H3. The van der Waals surface area contributed by atoms with Crippen molar-refractivity contribution in [3.8, 4) is 0 Å². The van der Waals surface area contributed by atoms with Crippen LogP contribution in [-0.2, 0) is 6.42 Å². The molecule has 2 aromatic heterocycles. The van der Waals surface area contributed by atoms with Crippen molar-refractivity contribution in [3.63, 3.8) is 0 Å². The van der Waals surface area contributed by atoms with E-state index in [4.69, 9.17) is 4.42 Å². The van der Waals surface area contributed by atoms with Crippen molar-refractivity contribution in [2.45, 2.75) is 19.4 Å². The second-order valence-corrected chi connectivity index (χ2v) is 4.32. The van der Waals surface area contributed by atoms with Crippen LogP contribution in [0.4, 0.5) is 0 Å². The maximum Gasteiger partial charge on any atom is 0.153 e. The van der Waals surface area contributed by atoms with E-state index in [0.717, 1.165) is 27.6 Å². The number of para-hydroxylation sites is 1. The van der Waals surface area contributed by atoms with Crippen molar-refractivity contribution < 1.29 is 9.52 Å². The third-order valence-electron chi connectivity index (χ3n) is 2.82. The van der Waals surface area contributed by atoms with Crippen molar-refractivity contribution >= 4 is 21.9 Å². The van der Waals surface area contributed by atoms with Gasteiger partial charge in [-0.25, -0.2) is 0 Å². The summed E-state index contributed by atoms with van der Waals surface area (Å²) in [5, 5.41) is 11.5. The monoisotopic (exact) mass is 227 g/mol. The van der Waals surface area contributed by atoms with E-state index >= 15 is 0 Å². The van der Waals surface area contributed by atoms with E-state index in [1.807, 2.05) is 30.3 Å². The molecule has 0 saturated heterocycles. The van der Waals surface area contributed by atoms with Crippen LogP contribution in [0.2, 0.25) is 0 Å². The van der Waals surface area contributed by atoms with Crippen LogP contribution >= 0.6 is 0 Å². The number of rotatable bonds is 2. The summed E-state index contributed by atoms with van der Waals surface area (Å²) in [6, 6.07) is 9.97. The van der Waals surface area contributed by atoms with Gasteiger partial charge < -0.3 is 9.52 Å². The van der Waals surface area contributed by atoms with Gasteiger partial charge in [0.05, 0.1) is 17.8 Å². The molecular formula is C14H13NO2. The van der Waals surface area contributed by atoms with Gasteiger partial charge in [0, 0.05) is 17.2 Å². The molecule has 0 aliphatic rings. The van der Waals surface area contributed by atoms with Gasteiger partial charge in [-0.15, -0.1) is 0 Å². The van der Waals surface area contributed by atoms with Crippen molar-refractivity contribution in [2.24, 2.45) is 0 Å². The molecule has 0 aliphatic heterocycles. The summed E-state index contributed by atoms with van der Waals surface area (Å²) >= 11 is 0. The maximum atomic E-state index is 9.37. The molecule has 1 N–H and O–H groups in total. The second-order valence-electron chi connectivity index (χ2n) is 4.32. The highest BCUT2D eigenvalue weighted by Gasteiger charge is 2.09. The van der Waals surface area contributed by atoms with E-state index in [0.29, 0.717) is 6.42 Å². The Balaban J connectivity index is 2.24. The predicted molar refractivity (Wildman–Crippen MR) is 66.9 cm³/mol. The number of benzene rings is 1. The van der Waals surface area contributed by atoms with E-state index in [2.05, 4.69) is 4.98 Å². The molecule has 3 heteroatoms. The molecule has 0 fully saturated rings. The molecule has 3 aromatic rings. The molecule has 0 bridgehead atoms. The minimum absolute atomic E-state index is 0.394. The molecule has 1 aromatic carbocycles. The summed E-state index contributed by atoms with van der Waals surface area (Å²) in [6.07, 6.45) is 1.88. The zero-order valence-electron chi connectivity index (χ0n) is 9.55. The first kappa shape index (κ1) is 10.3. The summed E-state index contributed by atoms with van der Waals surface area (Å²) in [4.78, 5) is 4.35. The number of fused-ring (bicyclic) bond motifs is 3. The summed E-state index contributed by atoms with van der Waals surface area (Å²) in [5.74, 6) is 0.799. The van der Waals surface area contributed by atoms with Gasteiger partial charge in [-0.2, -0.15) is 0 Å². The minimum Gasteiger partial charge on any atom is -0.459 e. The van der Waals surface area contributed by atoms with Gasteiger partial charge in [-0.1, -0.05) is 18.2 Å². The van der Waals surface area contributed by atoms with Crippen LogP contribution in [0.15, 0.2) is 40.9 Å². The number of pyridine rings is 1. The highest BCUT2D eigenvalue weighted by atomic mass is 16.3. The van der Waals surface area contributed by atoms with Gasteiger partial charge in [0.15, 0.2) is 5.58 Å². The van der Waals surface area contributed by atoms with Crippen molar-refractivity contribution in [1.29, 1.82) is 0 Å². The Bertz CT molecular complexity index is 670. The fourth-order valence-electron chi connectivity index (χ4n) is 2.10. The number of aromatic nitrogens is 1. The van der Waals surface area contributed by atoms with Gasteiger partial charge in [0.1, 0.15) is 5.76 Å². The molecule has 1 unspecified atom stereocenters. The molecule has 3 rings (SSSR count). The van der Waals surface area contributed by atoms with E-state index < -0.39 is 6.10 Å². The summed E-state index contributed by atoms with van der Waals surface area (Å²) < 4.78 is 5.66.